The molecule has 0 aromatic carbocycles. The van der Waals surface area contributed by atoms with Crippen LogP contribution >= 0.6 is 0 Å². The van der Waals surface area contributed by atoms with Gasteiger partial charge in [0.25, 0.3) is 0 Å². The van der Waals surface area contributed by atoms with Crippen molar-refractivity contribution in [2.75, 3.05) is 20.6 Å². The van der Waals surface area contributed by atoms with Gasteiger partial charge in [-0.3, -0.25) is 4.79 Å². The number of carboxylic acids is 1. The molecule has 1 amide bonds. The number of carbonyl (C=O) groups is 2. The number of nitrogens with one attached hydrogen (secondary N) is 1. The summed E-state index contributed by atoms with van der Waals surface area (Å²) in [5, 5.41) is 11.2. The zero-order valence-corrected chi connectivity index (χ0v) is 11.1. The van der Waals surface area contributed by atoms with Gasteiger partial charge in [0.05, 0.1) is 0 Å². The highest BCUT2D eigenvalue weighted by atomic mass is 16.4. The Labute approximate surface area is 108 Å². The zero-order chi connectivity index (χ0) is 13.6. The fourth-order valence-electron chi connectivity index (χ4n) is 2.45. The number of hydrogen-bond acceptors (Lipinski definition) is 3. The molecule has 0 unspecified atom stereocenters. The van der Waals surface area contributed by atoms with Gasteiger partial charge in [-0.05, 0) is 26.9 Å². The summed E-state index contributed by atoms with van der Waals surface area (Å²) in [5.74, 6) is -1.45. The molecule has 0 aromatic rings. The van der Waals surface area contributed by atoms with Crippen LogP contribution in [0.1, 0.15) is 32.1 Å². The smallest absolute Gasteiger partial charge is 0.328 e. The molecule has 0 aromatic heterocycles. The standard InChI is InChI=1S/C13H22N2O3/c1-15(2)13(8-4-3-5-9-13)10-14-11(16)6-7-12(17)18/h6-7H,3-5,8-10H2,1-2H3,(H,14,16)(H,17,18)/b7-6+. The Bertz CT molecular complexity index is 331. The van der Waals surface area contributed by atoms with Crippen molar-refractivity contribution in [2.24, 2.45) is 0 Å². The minimum Gasteiger partial charge on any atom is -0.478 e. The van der Waals surface area contributed by atoms with Crippen molar-refractivity contribution in [3.8, 4) is 0 Å². The van der Waals surface area contributed by atoms with Crippen molar-refractivity contribution in [1.82, 2.24) is 10.2 Å². The topological polar surface area (TPSA) is 69.6 Å². The third kappa shape index (κ3) is 4.14. The van der Waals surface area contributed by atoms with E-state index < -0.39 is 5.97 Å². The van der Waals surface area contributed by atoms with Crippen LogP contribution in [0.4, 0.5) is 0 Å². The third-order valence-electron chi connectivity index (χ3n) is 3.70. The average molecular weight is 254 g/mol. The van der Waals surface area contributed by atoms with Crippen LogP contribution in [-0.4, -0.2) is 48.1 Å². The van der Waals surface area contributed by atoms with Crippen LogP contribution in [0.15, 0.2) is 12.2 Å². The molecule has 2 N–H and O–H groups in total. The molecule has 1 aliphatic carbocycles. The molecule has 1 fully saturated rings. The second-order valence-corrected chi connectivity index (χ2v) is 5.07. The summed E-state index contributed by atoms with van der Waals surface area (Å²) < 4.78 is 0. The molecule has 0 bridgehead atoms. The van der Waals surface area contributed by atoms with Gasteiger partial charge >= 0.3 is 5.97 Å². The monoisotopic (exact) mass is 254 g/mol. The summed E-state index contributed by atoms with van der Waals surface area (Å²) in [7, 11) is 4.06. The highest BCUT2D eigenvalue weighted by Crippen LogP contribution is 2.31. The first-order valence-corrected chi connectivity index (χ1v) is 6.32. The first-order chi connectivity index (χ1) is 8.46. The van der Waals surface area contributed by atoms with Crippen molar-refractivity contribution in [3.05, 3.63) is 12.2 Å². The molecule has 0 heterocycles. The zero-order valence-electron chi connectivity index (χ0n) is 11.1. The number of likely N-dealkylation sites (N-methyl/N-ethyl adjacent to an activating group) is 1. The lowest BCUT2D eigenvalue weighted by molar-refractivity contribution is -0.131. The van der Waals surface area contributed by atoms with Gasteiger partial charge in [-0.25, -0.2) is 4.79 Å². The largest absolute Gasteiger partial charge is 0.478 e. The van der Waals surface area contributed by atoms with Crippen LogP contribution in [0.3, 0.4) is 0 Å². The van der Waals surface area contributed by atoms with Gasteiger partial charge in [-0.15, -0.1) is 0 Å². The Morgan fingerprint density at radius 1 is 1.22 bits per heavy atom. The van der Waals surface area contributed by atoms with Crippen molar-refractivity contribution in [3.63, 3.8) is 0 Å². The predicted molar refractivity (Wildman–Crippen MR) is 69.3 cm³/mol. The number of amides is 1. The van der Waals surface area contributed by atoms with Gasteiger partial charge < -0.3 is 15.3 Å². The summed E-state index contributed by atoms with van der Waals surface area (Å²) in [6.45, 7) is 0.572. The molecule has 18 heavy (non-hydrogen) atoms. The average Bonchev–Trinajstić information content (AvgIpc) is 2.34. The van der Waals surface area contributed by atoms with Crippen LogP contribution in [-0.2, 0) is 9.59 Å². The van der Waals surface area contributed by atoms with E-state index in [4.69, 9.17) is 5.11 Å². The van der Waals surface area contributed by atoms with E-state index in [2.05, 4.69) is 10.2 Å². The van der Waals surface area contributed by atoms with Gasteiger partial charge in [0.15, 0.2) is 0 Å². The molecule has 5 nitrogen and oxygen atoms in total. The fourth-order valence-corrected chi connectivity index (χ4v) is 2.45. The van der Waals surface area contributed by atoms with Crippen LogP contribution in [0.5, 0.6) is 0 Å². The quantitative estimate of drug-likeness (QED) is 0.718. The van der Waals surface area contributed by atoms with Crippen LogP contribution in [0, 0.1) is 0 Å². The summed E-state index contributed by atoms with van der Waals surface area (Å²) in [5.41, 5.74) is 0.0188. The first kappa shape index (κ1) is 14.7. The van der Waals surface area contributed by atoms with Crippen molar-refractivity contribution >= 4 is 11.9 Å². The van der Waals surface area contributed by atoms with E-state index in [-0.39, 0.29) is 11.4 Å². The highest BCUT2D eigenvalue weighted by Gasteiger charge is 2.34. The fraction of sp³-hybridized carbons (Fsp3) is 0.692. The number of rotatable bonds is 5. The maximum atomic E-state index is 11.5. The minimum absolute atomic E-state index is 0.0188. The van der Waals surface area contributed by atoms with Crippen LogP contribution < -0.4 is 5.32 Å². The number of carbonyl (C=O) groups excluding carboxylic acids is 1. The second-order valence-electron chi connectivity index (χ2n) is 5.07. The third-order valence-corrected chi connectivity index (χ3v) is 3.70. The molecule has 0 atom stereocenters. The van der Waals surface area contributed by atoms with Gasteiger partial charge in [0.1, 0.15) is 0 Å². The Kier molecular flexibility index (Phi) is 5.34. The summed E-state index contributed by atoms with van der Waals surface area (Å²) in [6, 6.07) is 0. The molecule has 102 valence electrons. The van der Waals surface area contributed by atoms with Crippen molar-refractivity contribution < 1.29 is 14.7 Å². The summed E-state index contributed by atoms with van der Waals surface area (Å²) >= 11 is 0. The Morgan fingerprint density at radius 3 is 2.33 bits per heavy atom. The van der Waals surface area contributed by atoms with Crippen molar-refractivity contribution in [1.29, 1.82) is 0 Å². The molecule has 0 saturated heterocycles. The molecule has 0 radical (unpaired) electrons. The maximum Gasteiger partial charge on any atom is 0.328 e. The molecular weight excluding hydrogens is 232 g/mol. The van der Waals surface area contributed by atoms with E-state index in [1.165, 1.54) is 19.3 Å². The molecule has 0 aliphatic heterocycles. The lowest BCUT2D eigenvalue weighted by Gasteiger charge is -2.43. The SMILES string of the molecule is CN(C)C1(CNC(=O)/C=C/C(=O)O)CCCCC1. The highest BCUT2D eigenvalue weighted by molar-refractivity contribution is 5.93. The summed E-state index contributed by atoms with van der Waals surface area (Å²) in [4.78, 5) is 24.0. The van der Waals surface area contributed by atoms with Gasteiger partial charge in [0.2, 0.25) is 5.91 Å². The van der Waals surface area contributed by atoms with Gasteiger partial charge in [-0.2, -0.15) is 0 Å². The number of carboxylic acid groups (broad SMARTS) is 1. The molecule has 5 heteroatoms. The molecule has 1 rings (SSSR count). The van der Waals surface area contributed by atoms with Gasteiger partial charge in [0, 0.05) is 24.2 Å². The van der Waals surface area contributed by atoms with E-state index in [0.29, 0.717) is 6.54 Å². The molecule has 1 aliphatic rings. The van der Waals surface area contributed by atoms with E-state index >= 15 is 0 Å². The number of nitrogens with zero attached hydrogens (tertiary/aromatic N) is 1. The molecule has 0 spiro atoms. The normalized spacial score (nSPS) is 19.1. The van der Waals surface area contributed by atoms with Crippen molar-refractivity contribution in [2.45, 2.75) is 37.6 Å². The lowest BCUT2D eigenvalue weighted by Crippen LogP contribution is -2.53. The Hall–Kier alpha value is -1.36. The van der Waals surface area contributed by atoms with Crippen LogP contribution in [0.25, 0.3) is 0 Å². The molecular formula is C13H22N2O3. The minimum atomic E-state index is -1.11. The van der Waals surface area contributed by atoms with E-state index in [1.54, 1.807) is 0 Å². The number of aliphatic carboxylic acids is 1. The van der Waals surface area contributed by atoms with E-state index in [1.807, 2.05) is 14.1 Å². The van der Waals surface area contributed by atoms with E-state index in [0.717, 1.165) is 25.0 Å². The maximum absolute atomic E-state index is 11.5. The molecule has 1 saturated carbocycles. The first-order valence-electron chi connectivity index (χ1n) is 6.32. The number of hydrogen-bond donors (Lipinski definition) is 2. The Morgan fingerprint density at radius 2 is 1.83 bits per heavy atom. The van der Waals surface area contributed by atoms with E-state index in [9.17, 15) is 9.59 Å². The second kappa shape index (κ2) is 6.54. The van der Waals surface area contributed by atoms with Gasteiger partial charge in [-0.1, -0.05) is 19.3 Å². The Balaban J connectivity index is 2.52. The van der Waals surface area contributed by atoms with Crippen LogP contribution in [0.2, 0.25) is 0 Å². The predicted octanol–water partition coefficient (Wildman–Crippen LogP) is 1.01. The summed E-state index contributed by atoms with van der Waals surface area (Å²) in [6.07, 6.45) is 7.68. The lowest BCUT2D eigenvalue weighted by atomic mass is 9.80.